The molecule has 0 radical (unpaired) electrons. The highest BCUT2D eigenvalue weighted by Crippen LogP contribution is 2.43. The topological polar surface area (TPSA) is 91.3 Å². The second kappa shape index (κ2) is 6.62. The summed E-state index contributed by atoms with van der Waals surface area (Å²) in [5.41, 5.74) is -4.17. The van der Waals surface area contributed by atoms with Crippen molar-refractivity contribution in [2.45, 2.75) is 17.9 Å². The molecule has 1 aromatic heterocycles. The Morgan fingerprint density at radius 3 is 2.56 bits per heavy atom. The van der Waals surface area contributed by atoms with Gasteiger partial charge in [-0.1, -0.05) is 12.1 Å². The number of nitrogens with one attached hydrogen (secondary N) is 2. The standard InChI is InChI=1S/C17H13F4N3O3/c18-11-5-1-3-9(7-11)13-12(14(25)10-4-2-6-22-8-10)16(27,17(19,20)21)24-15(26)23-13/h1-8,12-13,27H,(H2,23,24,26)/t12-,13+,16+/m1/s1. The van der Waals surface area contributed by atoms with Crippen molar-refractivity contribution in [3.63, 3.8) is 0 Å². The smallest absolute Gasteiger partial charge is 0.363 e. The Bertz CT molecular complexity index is 875. The Morgan fingerprint density at radius 1 is 1.22 bits per heavy atom. The lowest BCUT2D eigenvalue weighted by Crippen LogP contribution is -2.72. The molecule has 10 heteroatoms. The number of hydrogen-bond donors (Lipinski definition) is 3. The molecule has 1 aliphatic rings. The van der Waals surface area contributed by atoms with Crippen molar-refractivity contribution in [1.29, 1.82) is 0 Å². The molecule has 1 aliphatic heterocycles. The second-order valence-corrected chi connectivity index (χ2v) is 5.98. The summed E-state index contributed by atoms with van der Waals surface area (Å²) in [6.45, 7) is 0. The van der Waals surface area contributed by atoms with Gasteiger partial charge >= 0.3 is 12.2 Å². The molecule has 0 unspecified atom stereocenters. The molecule has 0 bridgehead atoms. The van der Waals surface area contributed by atoms with Crippen LogP contribution in [0.3, 0.4) is 0 Å². The number of aromatic nitrogens is 1. The number of ketones is 1. The maximum atomic E-state index is 13.7. The fraction of sp³-hybridized carbons (Fsp3) is 0.235. The van der Waals surface area contributed by atoms with Gasteiger partial charge in [0.2, 0.25) is 5.72 Å². The fourth-order valence-electron chi connectivity index (χ4n) is 3.00. The maximum absolute atomic E-state index is 13.7. The van der Waals surface area contributed by atoms with Crippen LogP contribution in [0.1, 0.15) is 22.0 Å². The van der Waals surface area contributed by atoms with E-state index in [-0.39, 0.29) is 11.1 Å². The first-order valence-corrected chi connectivity index (χ1v) is 7.71. The molecular formula is C17H13F4N3O3. The van der Waals surface area contributed by atoms with E-state index < -0.39 is 41.5 Å². The van der Waals surface area contributed by atoms with Crippen LogP contribution in [0.25, 0.3) is 0 Å². The van der Waals surface area contributed by atoms with Crippen molar-refractivity contribution in [3.8, 4) is 0 Å². The molecule has 3 rings (SSSR count). The van der Waals surface area contributed by atoms with Crippen molar-refractivity contribution in [2.24, 2.45) is 5.92 Å². The van der Waals surface area contributed by atoms with Crippen LogP contribution >= 0.6 is 0 Å². The number of pyridine rings is 1. The van der Waals surface area contributed by atoms with E-state index in [1.54, 1.807) is 0 Å². The van der Waals surface area contributed by atoms with E-state index in [4.69, 9.17) is 0 Å². The zero-order valence-electron chi connectivity index (χ0n) is 13.5. The van der Waals surface area contributed by atoms with E-state index in [1.807, 2.05) is 0 Å². The van der Waals surface area contributed by atoms with Gasteiger partial charge in [-0.2, -0.15) is 13.2 Å². The van der Waals surface area contributed by atoms with Gasteiger partial charge in [-0.25, -0.2) is 9.18 Å². The summed E-state index contributed by atoms with van der Waals surface area (Å²) in [5, 5.41) is 13.9. The summed E-state index contributed by atoms with van der Waals surface area (Å²) in [6.07, 6.45) is -3.02. The molecule has 6 nitrogen and oxygen atoms in total. The number of halogens is 4. The summed E-state index contributed by atoms with van der Waals surface area (Å²) in [4.78, 5) is 28.3. The summed E-state index contributed by atoms with van der Waals surface area (Å²) in [7, 11) is 0. The number of benzene rings is 1. The highest BCUT2D eigenvalue weighted by molar-refractivity contribution is 6.00. The largest absolute Gasteiger partial charge is 0.437 e. The Labute approximate surface area is 150 Å². The van der Waals surface area contributed by atoms with E-state index in [1.165, 1.54) is 35.8 Å². The molecule has 1 aromatic carbocycles. The van der Waals surface area contributed by atoms with E-state index in [2.05, 4.69) is 10.3 Å². The second-order valence-electron chi connectivity index (χ2n) is 5.98. The minimum absolute atomic E-state index is 0.102. The maximum Gasteiger partial charge on any atom is 0.437 e. The number of carbonyl (C=O) groups excluding carboxylic acids is 2. The molecule has 0 spiro atoms. The number of amides is 2. The van der Waals surface area contributed by atoms with Gasteiger partial charge in [-0.05, 0) is 29.8 Å². The van der Waals surface area contributed by atoms with E-state index in [9.17, 15) is 32.3 Å². The van der Waals surface area contributed by atoms with Crippen LogP contribution in [0.2, 0.25) is 0 Å². The molecule has 3 atom stereocenters. The van der Waals surface area contributed by atoms with Gasteiger partial charge in [0.05, 0.1) is 6.04 Å². The van der Waals surface area contributed by atoms with Crippen molar-refractivity contribution in [2.75, 3.05) is 0 Å². The van der Waals surface area contributed by atoms with Gasteiger partial charge < -0.3 is 15.7 Å². The van der Waals surface area contributed by atoms with E-state index in [0.29, 0.717) is 0 Å². The molecular weight excluding hydrogens is 370 g/mol. The van der Waals surface area contributed by atoms with Crippen molar-refractivity contribution in [3.05, 3.63) is 65.7 Å². The van der Waals surface area contributed by atoms with Gasteiger partial charge in [0.25, 0.3) is 0 Å². The third-order valence-electron chi connectivity index (χ3n) is 4.24. The predicted molar refractivity (Wildman–Crippen MR) is 83.9 cm³/mol. The van der Waals surface area contributed by atoms with Crippen LogP contribution in [0, 0.1) is 11.7 Å². The predicted octanol–water partition coefficient (Wildman–Crippen LogP) is 2.32. The molecule has 27 heavy (non-hydrogen) atoms. The lowest BCUT2D eigenvalue weighted by Gasteiger charge is -2.45. The molecule has 2 amide bonds. The molecule has 142 valence electrons. The molecule has 0 aliphatic carbocycles. The first-order valence-electron chi connectivity index (χ1n) is 7.71. The minimum Gasteiger partial charge on any atom is -0.363 e. The molecule has 3 N–H and O–H groups in total. The number of carbonyl (C=O) groups is 2. The average molecular weight is 383 g/mol. The SMILES string of the molecule is O=C1N[C@@H](c2cccc(F)c2)[C@H](C(=O)c2cccnc2)[C@](O)(C(F)(F)F)N1. The zero-order valence-corrected chi connectivity index (χ0v) is 13.5. The van der Waals surface area contributed by atoms with Gasteiger partial charge in [0, 0.05) is 18.0 Å². The highest BCUT2D eigenvalue weighted by atomic mass is 19.4. The third kappa shape index (κ3) is 3.35. The molecule has 2 aromatic rings. The highest BCUT2D eigenvalue weighted by Gasteiger charge is 2.66. The lowest BCUT2D eigenvalue weighted by atomic mass is 9.77. The van der Waals surface area contributed by atoms with Crippen LogP contribution in [-0.2, 0) is 0 Å². The first-order chi connectivity index (χ1) is 12.6. The minimum atomic E-state index is -5.38. The Hall–Kier alpha value is -3.01. The number of Topliss-reactive ketones (excluding diaryl/α,β-unsaturated/α-hetero) is 1. The molecule has 1 fully saturated rings. The van der Waals surface area contributed by atoms with Crippen LogP contribution in [0.5, 0.6) is 0 Å². The number of alkyl halides is 3. The quantitative estimate of drug-likeness (QED) is 0.561. The Kier molecular flexibility index (Phi) is 4.60. The number of rotatable bonds is 3. The number of nitrogens with zero attached hydrogens (tertiary/aromatic N) is 1. The lowest BCUT2D eigenvalue weighted by molar-refractivity contribution is -0.287. The summed E-state index contributed by atoms with van der Waals surface area (Å²) < 4.78 is 54.6. The van der Waals surface area contributed by atoms with E-state index in [0.717, 1.165) is 18.3 Å². The van der Waals surface area contributed by atoms with Gasteiger partial charge in [-0.15, -0.1) is 0 Å². The van der Waals surface area contributed by atoms with Crippen LogP contribution in [0.15, 0.2) is 48.8 Å². The van der Waals surface area contributed by atoms with Crippen LogP contribution in [-0.4, -0.2) is 33.8 Å². The number of hydrogen-bond acceptors (Lipinski definition) is 4. The van der Waals surface area contributed by atoms with Crippen molar-refractivity contribution >= 4 is 11.8 Å². The van der Waals surface area contributed by atoms with Crippen molar-refractivity contribution in [1.82, 2.24) is 15.6 Å². The van der Waals surface area contributed by atoms with Crippen LogP contribution < -0.4 is 10.6 Å². The summed E-state index contributed by atoms with van der Waals surface area (Å²) in [6, 6.07) is 4.00. The zero-order chi connectivity index (χ0) is 19.8. The summed E-state index contributed by atoms with van der Waals surface area (Å²) in [5.74, 6) is -4.12. The first kappa shape index (κ1) is 18.8. The van der Waals surface area contributed by atoms with Crippen molar-refractivity contribution < 1.29 is 32.3 Å². The number of aliphatic hydroxyl groups is 1. The Morgan fingerprint density at radius 2 is 1.96 bits per heavy atom. The van der Waals surface area contributed by atoms with E-state index >= 15 is 0 Å². The monoisotopic (exact) mass is 383 g/mol. The molecule has 1 saturated heterocycles. The summed E-state index contributed by atoms with van der Waals surface area (Å²) >= 11 is 0. The third-order valence-corrected chi connectivity index (χ3v) is 4.24. The number of urea groups is 1. The van der Waals surface area contributed by atoms with Gasteiger partial charge in [0.15, 0.2) is 5.78 Å². The molecule has 2 heterocycles. The fourth-order valence-corrected chi connectivity index (χ4v) is 3.00. The van der Waals surface area contributed by atoms with Crippen LogP contribution in [0.4, 0.5) is 22.4 Å². The Balaban J connectivity index is 2.17. The van der Waals surface area contributed by atoms with Gasteiger partial charge in [-0.3, -0.25) is 9.78 Å². The normalized spacial score (nSPS) is 25.4. The van der Waals surface area contributed by atoms with Gasteiger partial charge in [0.1, 0.15) is 11.7 Å². The average Bonchev–Trinajstić information content (AvgIpc) is 2.60. The molecule has 0 saturated carbocycles.